The van der Waals surface area contributed by atoms with E-state index >= 15 is 0 Å². The number of esters is 2. The van der Waals surface area contributed by atoms with Gasteiger partial charge in [0.05, 0.1) is 6.54 Å². The number of Topliss-reactive ketones (excluding diaryl/α,β-unsaturated/α-hetero) is 1. The SMILES string of the molecule is CC(=O)CN(C=O)C12CCC(NC(=O)O)(CC1)CC2.CC(=O)OC(C)=O. The lowest BCUT2D eigenvalue weighted by atomic mass is 9.61. The van der Waals surface area contributed by atoms with Gasteiger partial charge in [-0.1, -0.05) is 0 Å². The van der Waals surface area contributed by atoms with Crippen molar-refractivity contribution >= 4 is 30.2 Å². The minimum Gasteiger partial charge on any atom is -0.465 e. The average Bonchev–Trinajstić information content (AvgIpc) is 2.52. The smallest absolute Gasteiger partial charge is 0.405 e. The third-order valence-electron chi connectivity index (χ3n) is 5.00. The Morgan fingerprint density at radius 2 is 1.46 bits per heavy atom. The topological polar surface area (TPSA) is 130 Å². The van der Waals surface area contributed by atoms with Crippen LogP contribution in [0.25, 0.3) is 0 Å². The molecule has 0 radical (unpaired) electrons. The summed E-state index contributed by atoms with van der Waals surface area (Å²) < 4.78 is 3.97. The number of ether oxygens (including phenoxy) is 1. The number of ketones is 1. The lowest BCUT2D eigenvalue weighted by molar-refractivity contribution is -0.156. The molecule has 2 N–H and O–H groups in total. The Balaban J connectivity index is 0.000000412. The second-order valence-corrected chi connectivity index (χ2v) is 6.96. The highest BCUT2D eigenvalue weighted by molar-refractivity contribution is 5.82. The van der Waals surface area contributed by atoms with Gasteiger partial charge >= 0.3 is 18.0 Å². The molecule has 0 unspecified atom stereocenters. The van der Waals surface area contributed by atoms with Gasteiger partial charge in [0.1, 0.15) is 5.78 Å². The first kappa shape index (κ1) is 21.6. The Morgan fingerprint density at radius 3 is 1.73 bits per heavy atom. The molecule has 0 spiro atoms. The predicted molar refractivity (Wildman–Crippen MR) is 90.2 cm³/mol. The number of carbonyl (C=O) groups is 5. The maximum atomic E-state index is 11.2. The zero-order valence-corrected chi connectivity index (χ0v) is 15.4. The third kappa shape index (κ3) is 5.82. The first-order valence-electron chi connectivity index (χ1n) is 8.46. The Labute approximate surface area is 152 Å². The second kappa shape index (κ2) is 8.77. The van der Waals surface area contributed by atoms with Gasteiger partial charge in [0, 0.05) is 24.9 Å². The van der Waals surface area contributed by atoms with Crippen molar-refractivity contribution in [3.63, 3.8) is 0 Å². The molecule has 9 nitrogen and oxygen atoms in total. The van der Waals surface area contributed by atoms with Crippen LogP contribution in [0.5, 0.6) is 0 Å². The van der Waals surface area contributed by atoms with E-state index < -0.39 is 18.0 Å². The maximum Gasteiger partial charge on any atom is 0.405 e. The van der Waals surface area contributed by atoms with Crippen LogP contribution in [0, 0.1) is 0 Å². The molecule has 26 heavy (non-hydrogen) atoms. The van der Waals surface area contributed by atoms with E-state index in [1.165, 1.54) is 20.8 Å². The summed E-state index contributed by atoms with van der Waals surface area (Å²) in [7, 11) is 0. The maximum absolute atomic E-state index is 11.2. The van der Waals surface area contributed by atoms with Crippen LogP contribution >= 0.6 is 0 Å². The summed E-state index contributed by atoms with van der Waals surface area (Å²) in [6.45, 7) is 4.00. The van der Waals surface area contributed by atoms with E-state index in [2.05, 4.69) is 10.1 Å². The highest BCUT2D eigenvalue weighted by Crippen LogP contribution is 2.49. The number of rotatable bonds is 5. The summed E-state index contributed by atoms with van der Waals surface area (Å²) >= 11 is 0. The Kier molecular flexibility index (Phi) is 7.29. The number of carboxylic acid groups (broad SMARTS) is 1. The van der Waals surface area contributed by atoms with E-state index in [4.69, 9.17) is 5.11 Å². The van der Waals surface area contributed by atoms with Crippen molar-refractivity contribution in [3.05, 3.63) is 0 Å². The second-order valence-electron chi connectivity index (χ2n) is 6.96. The van der Waals surface area contributed by atoms with Crippen LogP contribution in [0.2, 0.25) is 0 Å². The quantitative estimate of drug-likeness (QED) is 0.423. The van der Waals surface area contributed by atoms with Crippen LogP contribution in [0.4, 0.5) is 4.79 Å². The first-order valence-corrected chi connectivity index (χ1v) is 8.46. The molecule has 0 atom stereocenters. The molecule has 2 bridgehead atoms. The van der Waals surface area contributed by atoms with E-state index in [9.17, 15) is 24.0 Å². The Morgan fingerprint density at radius 1 is 1.00 bits per heavy atom. The minimum absolute atomic E-state index is 0.0208. The van der Waals surface area contributed by atoms with Crippen LogP contribution in [-0.4, -0.2) is 57.9 Å². The summed E-state index contributed by atoms with van der Waals surface area (Å²) in [6.07, 6.45) is 4.29. The van der Waals surface area contributed by atoms with Crippen molar-refractivity contribution in [1.82, 2.24) is 10.2 Å². The summed E-state index contributed by atoms with van der Waals surface area (Å²) in [5.74, 6) is -1.15. The Hall–Kier alpha value is -2.45. The average molecular weight is 370 g/mol. The first-order chi connectivity index (χ1) is 12.0. The number of nitrogens with zero attached hydrogens (tertiary/aromatic N) is 1. The molecule has 3 fully saturated rings. The molecule has 3 aliphatic rings. The van der Waals surface area contributed by atoms with Gasteiger partial charge in [0.15, 0.2) is 0 Å². The van der Waals surface area contributed by atoms with Gasteiger partial charge in [-0.15, -0.1) is 0 Å². The predicted octanol–water partition coefficient (Wildman–Crippen LogP) is 1.24. The van der Waals surface area contributed by atoms with E-state index in [-0.39, 0.29) is 23.4 Å². The largest absolute Gasteiger partial charge is 0.465 e. The molecule has 3 rings (SSSR count). The number of carbonyl (C=O) groups excluding carboxylic acids is 4. The molecule has 0 aromatic heterocycles. The molecular formula is C17H26N2O7. The summed E-state index contributed by atoms with van der Waals surface area (Å²) in [5.41, 5.74) is -0.562. The van der Waals surface area contributed by atoms with E-state index in [0.717, 1.165) is 44.9 Å². The van der Waals surface area contributed by atoms with Crippen LogP contribution in [0.3, 0.4) is 0 Å². The van der Waals surface area contributed by atoms with Gasteiger partial charge in [-0.05, 0) is 45.4 Å². The number of nitrogens with one attached hydrogen (secondary N) is 1. The number of hydrogen-bond acceptors (Lipinski definition) is 6. The molecule has 2 amide bonds. The van der Waals surface area contributed by atoms with Crippen LogP contribution in [0.15, 0.2) is 0 Å². The third-order valence-corrected chi connectivity index (χ3v) is 5.00. The van der Waals surface area contributed by atoms with Gasteiger partial charge in [0.25, 0.3) is 0 Å². The number of amides is 2. The van der Waals surface area contributed by atoms with Crippen LogP contribution in [0.1, 0.15) is 59.3 Å². The van der Waals surface area contributed by atoms with Crippen molar-refractivity contribution in [1.29, 1.82) is 0 Å². The van der Waals surface area contributed by atoms with Crippen molar-refractivity contribution < 1.29 is 33.8 Å². The zero-order chi connectivity index (χ0) is 20.0. The van der Waals surface area contributed by atoms with Gasteiger partial charge in [0.2, 0.25) is 6.41 Å². The van der Waals surface area contributed by atoms with Crippen molar-refractivity contribution in [2.75, 3.05) is 6.54 Å². The van der Waals surface area contributed by atoms with E-state index in [0.29, 0.717) is 0 Å². The lowest BCUT2D eigenvalue weighted by Crippen LogP contribution is -2.63. The molecule has 0 saturated heterocycles. The summed E-state index contributed by atoms with van der Waals surface area (Å²) in [5, 5.41) is 11.5. The molecular weight excluding hydrogens is 344 g/mol. The highest BCUT2D eigenvalue weighted by atomic mass is 16.6. The fourth-order valence-electron chi connectivity index (χ4n) is 3.77. The number of hydrogen-bond donors (Lipinski definition) is 2. The van der Waals surface area contributed by atoms with Crippen molar-refractivity contribution in [2.45, 2.75) is 70.4 Å². The van der Waals surface area contributed by atoms with Gasteiger partial charge in [-0.2, -0.15) is 0 Å². The lowest BCUT2D eigenvalue weighted by Gasteiger charge is -2.56. The van der Waals surface area contributed by atoms with Gasteiger partial charge in [-0.3, -0.25) is 19.2 Å². The summed E-state index contributed by atoms with van der Waals surface area (Å²) in [4.78, 5) is 54.6. The number of fused-ring (bicyclic) bond motifs is 3. The normalized spacial score (nSPS) is 26.0. The molecule has 0 heterocycles. The van der Waals surface area contributed by atoms with Gasteiger partial charge < -0.3 is 20.1 Å². The monoisotopic (exact) mass is 370 g/mol. The van der Waals surface area contributed by atoms with E-state index in [1.807, 2.05) is 0 Å². The zero-order valence-electron chi connectivity index (χ0n) is 15.4. The Bertz CT molecular complexity index is 551. The fraction of sp³-hybridized carbons (Fsp3) is 0.706. The molecule has 3 saturated carbocycles. The van der Waals surface area contributed by atoms with Crippen molar-refractivity contribution in [3.8, 4) is 0 Å². The fourth-order valence-corrected chi connectivity index (χ4v) is 3.77. The molecule has 0 aromatic rings. The molecule has 146 valence electrons. The molecule has 0 aromatic carbocycles. The standard InChI is InChI=1S/C13H20N2O4.C4H6O3/c1-10(17)8-15(9-16)13-5-2-12(3-6-13,4-7-13)14-11(18)19;1-3(5)7-4(2)6/h9,14H,2-8H2,1H3,(H,18,19);1-2H3. The van der Waals surface area contributed by atoms with Crippen LogP contribution in [-0.2, 0) is 23.9 Å². The highest BCUT2D eigenvalue weighted by Gasteiger charge is 2.51. The molecule has 9 heteroatoms. The van der Waals surface area contributed by atoms with Crippen LogP contribution < -0.4 is 5.32 Å². The van der Waals surface area contributed by atoms with Crippen molar-refractivity contribution in [2.24, 2.45) is 0 Å². The molecule has 3 aliphatic carbocycles. The minimum atomic E-state index is -0.981. The molecule has 0 aliphatic heterocycles. The van der Waals surface area contributed by atoms with Gasteiger partial charge in [-0.25, -0.2) is 4.79 Å². The van der Waals surface area contributed by atoms with E-state index in [1.54, 1.807) is 4.90 Å². The summed E-state index contributed by atoms with van der Waals surface area (Å²) in [6, 6.07) is 0.